The Morgan fingerprint density at radius 3 is 2.43 bits per heavy atom. The number of aromatic amines is 1. The molecular formula is C23H26ClN3O. The standard InChI is InChI=1S/C23H26ClN3O/c1-16(2)28-23-10-9-19(13-20(23)24)22-14-21(25-26-22)18-7-5-17(6-8-18)15-27-11-3-4-12-27/h5-10,13-14,16H,3-4,11-12,15H2,1-2H3,(H,25,26). The zero-order valence-corrected chi connectivity index (χ0v) is 17.2. The highest BCUT2D eigenvalue weighted by Crippen LogP contribution is 2.31. The van der Waals surface area contributed by atoms with E-state index >= 15 is 0 Å². The van der Waals surface area contributed by atoms with Gasteiger partial charge in [0.25, 0.3) is 0 Å². The summed E-state index contributed by atoms with van der Waals surface area (Å²) < 4.78 is 5.71. The Bertz CT molecular complexity index is 927. The highest BCUT2D eigenvalue weighted by atomic mass is 35.5. The third-order valence-electron chi connectivity index (χ3n) is 5.04. The Labute approximate surface area is 171 Å². The Morgan fingerprint density at radius 2 is 1.75 bits per heavy atom. The first-order chi connectivity index (χ1) is 13.6. The van der Waals surface area contributed by atoms with Gasteiger partial charge in [0, 0.05) is 12.1 Å². The van der Waals surface area contributed by atoms with E-state index in [2.05, 4.69) is 45.4 Å². The topological polar surface area (TPSA) is 41.1 Å². The molecular weight excluding hydrogens is 370 g/mol. The molecule has 1 aromatic heterocycles. The third-order valence-corrected chi connectivity index (χ3v) is 5.33. The second kappa shape index (κ2) is 8.38. The van der Waals surface area contributed by atoms with Crippen molar-refractivity contribution in [2.75, 3.05) is 13.1 Å². The lowest BCUT2D eigenvalue weighted by Gasteiger charge is -2.14. The van der Waals surface area contributed by atoms with Gasteiger partial charge in [0.1, 0.15) is 5.75 Å². The van der Waals surface area contributed by atoms with Crippen molar-refractivity contribution in [1.82, 2.24) is 15.1 Å². The number of aromatic nitrogens is 2. The molecule has 4 nitrogen and oxygen atoms in total. The Hall–Kier alpha value is -2.30. The van der Waals surface area contributed by atoms with Crippen molar-refractivity contribution in [1.29, 1.82) is 0 Å². The molecule has 0 radical (unpaired) electrons. The van der Waals surface area contributed by atoms with E-state index < -0.39 is 0 Å². The van der Waals surface area contributed by atoms with Crippen LogP contribution in [0.5, 0.6) is 5.75 Å². The molecule has 4 rings (SSSR count). The Kier molecular flexibility index (Phi) is 5.69. The summed E-state index contributed by atoms with van der Waals surface area (Å²) in [5, 5.41) is 8.21. The fourth-order valence-corrected chi connectivity index (χ4v) is 3.84. The number of likely N-dealkylation sites (tertiary alicyclic amines) is 1. The molecule has 1 aliphatic rings. The van der Waals surface area contributed by atoms with Crippen LogP contribution in [-0.2, 0) is 6.54 Å². The number of hydrogen-bond acceptors (Lipinski definition) is 3. The van der Waals surface area contributed by atoms with Crippen LogP contribution in [0, 0.1) is 0 Å². The molecule has 1 N–H and O–H groups in total. The molecule has 0 aliphatic carbocycles. The van der Waals surface area contributed by atoms with Crippen molar-refractivity contribution in [3.05, 3.63) is 59.1 Å². The van der Waals surface area contributed by atoms with Gasteiger partial charge in [-0.05, 0) is 75.2 Å². The maximum Gasteiger partial charge on any atom is 0.138 e. The van der Waals surface area contributed by atoms with Crippen LogP contribution in [-0.4, -0.2) is 34.3 Å². The monoisotopic (exact) mass is 395 g/mol. The van der Waals surface area contributed by atoms with Crippen molar-refractivity contribution in [2.45, 2.75) is 39.3 Å². The molecule has 5 heteroatoms. The summed E-state index contributed by atoms with van der Waals surface area (Å²) in [6.45, 7) is 7.45. The molecule has 0 amide bonds. The van der Waals surface area contributed by atoms with Gasteiger partial charge in [-0.3, -0.25) is 10.00 Å². The number of nitrogens with one attached hydrogen (secondary N) is 1. The molecule has 3 aromatic rings. The van der Waals surface area contributed by atoms with Gasteiger partial charge in [0.2, 0.25) is 0 Å². The van der Waals surface area contributed by atoms with E-state index in [0.717, 1.165) is 29.1 Å². The number of H-pyrrole nitrogens is 1. The van der Waals surface area contributed by atoms with Crippen LogP contribution in [0.15, 0.2) is 48.5 Å². The molecule has 0 bridgehead atoms. The van der Waals surface area contributed by atoms with Gasteiger partial charge in [0.05, 0.1) is 22.5 Å². The molecule has 1 fully saturated rings. The van der Waals surface area contributed by atoms with E-state index in [9.17, 15) is 0 Å². The van der Waals surface area contributed by atoms with Gasteiger partial charge in [-0.1, -0.05) is 35.9 Å². The van der Waals surface area contributed by atoms with Gasteiger partial charge >= 0.3 is 0 Å². The first-order valence-electron chi connectivity index (χ1n) is 9.92. The van der Waals surface area contributed by atoms with Crippen LogP contribution in [0.3, 0.4) is 0 Å². The summed E-state index contributed by atoms with van der Waals surface area (Å²) >= 11 is 6.37. The van der Waals surface area contributed by atoms with E-state index in [4.69, 9.17) is 16.3 Å². The molecule has 2 aromatic carbocycles. The number of hydrogen-bond donors (Lipinski definition) is 1. The van der Waals surface area contributed by atoms with Crippen molar-refractivity contribution in [3.8, 4) is 28.3 Å². The molecule has 1 aliphatic heterocycles. The highest BCUT2D eigenvalue weighted by Gasteiger charge is 2.13. The summed E-state index contributed by atoms with van der Waals surface area (Å²) in [6, 6.07) is 16.6. The lowest BCUT2D eigenvalue weighted by atomic mass is 10.1. The number of ether oxygens (including phenoxy) is 1. The zero-order valence-electron chi connectivity index (χ0n) is 16.4. The van der Waals surface area contributed by atoms with Crippen LogP contribution in [0.25, 0.3) is 22.5 Å². The number of benzene rings is 2. The minimum absolute atomic E-state index is 0.0915. The summed E-state index contributed by atoms with van der Waals surface area (Å²) in [6.07, 6.45) is 2.74. The van der Waals surface area contributed by atoms with Gasteiger partial charge in [-0.2, -0.15) is 5.10 Å². The van der Waals surface area contributed by atoms with Crippen LogP contribution in [0.1, 0.15) is 32.3 Å². The first kappa shape index (κ1) is 19.0. The van der Waals surface area contributed by atoms with Crippen molar-refractivity contribution in [2.24, 2.45) is 0 Å². The van der Waals surface area contributed by atoms with Crippen LogP contribution in [0.4, 0.5) is 0 Å². The lowest BCUT2D eigenvalue weighted by Crippen LogP contribution is -2.18. The zero-order chi connectivity index (χ0) is 19.5. The number of rotatable bonds is 6. The third kappa shape index (κ3) is 4.40. The second-order valence-corrected chi connectivity index (χ2v) is 8.07. The Morgan fingerprint density at radius 1 is 1.04 bits per heavy atom. The van der Waals surface area contributed by atoms with Gasteiger partial charge in [-0.15, -0.1) is 0 Å². The van der Waals surface area contributed by atoms with E-state index in [-0.39, 0.29) is 6.10 Å². The predicted octanol–water partition coefficient (Wildman–Crippen LogP) is 5.78. The molecule has 1 saturated heterocycles. The minimum atomic E-state index is 0.0915. The maximum atomic E-state index is 6.37. The van der Waals surface area contributed by atoms with E-state index in [1.807, 2.05) is 32.0 Å². The van der Waals surface area contributed by atoms with Gasteiger partial charge < -0.3 is 4.74 Å². The second-order valence-electron chi connectivity index (χ2n) is 7.66. The maximum absolute atomic E-state index is 6.37. The molecule has 0 atom stereocenters. The average molecular weight is 396 g/mol. The fraction of sp³-hybridized carbons (Fsp3) is 0.348. The largest absolute Gasteiger partial charge is 0.489 e. The molecule has 28 heavy (non-hydrogen) atoms. The van der Waals surface area contributed by atoms with Gasteiger partial charge in [-0.25, -0.2) is 0 Å². The Balaban J connectivity index is 1.48. The molecule has 2 heterocycles. The number of nitrogens with zero attached hydrogens (tertiary/aromatic N) is 2. The summed E-state index contributed by atoms with van der Waals surface area (Å²) in [5.41, 5.74) is 5.33. The van der Waals surface area contributed by atoms with E-state index in [1.54, 1.807) is 0 Å². The normalized spacial score (nSPS) is 14.7. The summed E-state index contributed by atoms with van der Waals surface area (Å²) in [4.78, 5) is 2.51. The summed E-state index contributed by atoms with van der Waals surface area (Å²) in [5.74, 6) is 0.699. The van der Waals surface area contributed by atoms with Gasteiger partial charge in [0.15, 0.2) is 0 Å². The van der Waals surface area contributed by atoms with Crippen molar-refractivity contribution < 1.29 is 4.74 Å². The average Bonchev–Trinajstić information content (AvgIpc) is 3.36. The molecule has 0 spiro atoms. The van der Waals surface area contributed by atoms with Crippen LogP contribution < -0.4 is 4.74 Å². The minimum Gasteiger partial charge on any atom is -0.489 e. The SMILES string of the molecule is CC(C)Oc1ccc(-c2cc(-c3ccc(CN4CCCC4)cc3)[nH]n2)cc1Cl. The highest BCUT2D eigenvalue weighted by molar-refractivity contribution is 6.32. The summed E-state index contributed by atoms with van der Waals surface area (Å²) in [7, 11) is 0. The van der Waals surface area contributed by atoms with Crippen LogP contribution in [0.2, 0.25) is 5.02 Å². The van der Waals surface area contributed by atoms with E-state index in [0.29, 0.717) is 10.8 Å². The number of halogens is 1. The van der Waals surface area contributed by atoms with E-state index in [1.165, 1.54) is 31.5 Å². The fourth-order valence-electron chi connectivity index (χ4n) is 3.62. The quantitative estimate of drug-likeness (QED) is 0.575. The van der Waals surface area contributed by atoms with Crippen molar-refractivity contribution in [3.63, 3.8) is 0 Å². The predicted molar refractivity (Wildman–Crippen MR) is 115 cm³/mol. The molecule has 146 valence electrons. The van der Waals surface area contributed by atoms with Crippen LogP contribution >= 0.6 is 11.6 Å². The molecule has 0 saturated carbocycles. The smallest absolute Gasteiger partial charge is 0.138 e. The molecule has 0 unspecified atom stereocenters. The van der Waals surface area contributed by atoms with Crippen molar-refractivity contribution >= 4 is 11.6 Å². The first-order valence-corrected chi connectivity index (χ1v) is 10.3. The lowest BCUT2D eigenvalue weighted by molar-refractivity contribution is 0.242.